The molecule has 4 atom stereocenters. The first kappa shape index (κ1) is 30.0. The molecule has 1 aliphatic rings. The summed E-state index contributed by atoms with van der Waals surface area (Å²) in [6, 6.07) is 4.43. The molecule has 1 aromatic rings. The summed E-state index contributed by atoms with van der Waals surface area (Å²) < 4.78 is 0. The first-order valence-electron chi connectivity index (χ1n) is 12.3. The Labute approximate surface area is 220 Å². The number of aliphatic imine (C=N–C) groups is 1. The molecular formula is C24H36N8O6. The Hall–Kier alpha value is -4.20. The van der Waals surface area contributed by atoms with E-state index in [-0.39, 0.29) is 31.8 Å². The van der Waals surface area contributed by atoms with Gasteiger partial charge in [0.2, 0.25) is 23.6 Å². The first-order chi connectivity index (χ1) is 18.1. The SMILES string of the molecule is NC(=O)CC(NC(=O)C1CCCN1)C(=O)NC(CCCN=C(N)N)C(=O)NC(Cc1ccccc1)C(=O)O. The van der Waals surface area contributed by atoms with Crippen molar-refractivity contribution in [2.45, 2.75) is 62.7 Å². The van der Waals surface area contributed by atoms with E-state index in [0.717, 1.165) is 6.42 Å². The van der Waals surface area contributed by atoms with Crippen molar-refractivity contribution in [1.29, 1.82) is 0 Å². The number of nitrogens with one attached hydrogen (secondary N) is 4. The smallest absolute Gasteiger partial charge is 0.326 e. The summed E-state index contributed by atoms with van der Waals surface area (Å²) in [5.74, 6) is -4.26. The summed E-state index contributed by atoms with van der Waals surface area (Å²) >= 11 is 0. The molecule has 1 fully saturated rings. The fraction of sp³-hybridized carbons (Fsp3) is 0.500. The number of guanidine groups is 1. The van der Waals surface area contributed by atoms with Gasteiger partial charge in [0.05, 0.1) is 12.5 Å². The highest BCUT2D eigenvalue weighted by Crippen LogP contribution is 2.08. The Balaban J connectivity index is 2.15. The number of hydrogen-bond acceptors (Lipinski definition) is 7. The molecule has 0 aromatic heterocycles. The second-order valence-corrected chi connectivity index (χ2v) is 8.98. The largest absolute Gasteiger partial charge is 0.480 e. The van der Waals surface area contributed by atoms with Gasteiger partial charge in [0.25, 0.3) is 0 Å². The predicted molar refractivity (Wildman–Crippen MR) is 138 cm³/mol. The van der Waals surface area contributed by atoms with E-state index in [9.17, 15) is 29.1 Å². The summed E-state index contributed by atoms with van der Waals surface area (Å²) in [6.45, 7) is 0.805. The maximum absolute atomic E-state index is 13.1. The standard InChI is InChI=1S/C24H36N8O6/c25-19(33)13-17(31-20(34)15-8-4-10-28-15)22(36)30-16(9-5-11-29-24(26)27)21(35)32-18(23(37)38)12-14-6-2-1-3-7-14/h1-3,6-7,15-18,28H,4-5,8-13H2,(H2,25,33)(H,30,36)(H,31,34)(H,32,35)(H,37,38)(H4,26,27,29). The molecule has 4 amide bonds. The normalized spacial score (nSPS) is 16.9. The molecule has 1 heterocycles. The van der Waals surface area contributed by atoms with Crippen LogP contribution in [0.1, 0.15) is 37.7 Å². The topological polar surface area (TPSA) is 244 Å². The number of carboxylic acid groups (broad SMARTS) is 1. The molecule has 1 aliphatic heterocycles. The molecule has 0 radical (unpaired) electrons. The van der Waals surface area contributed by atoms with Crippen molar-refractivity contribution >= 4 is 35.6 Å². The van der Waals surface area contributed by atoms with Crippen molar-refractivity contribution in [2.24, 2.45) is 22.2 Å². The van der Waals surface area contributed by atoms with Crippen LogP contribution in [0, 0.1) is 0 Å². The zero-order chi connectivity index (χ0) is 28.1. The van der Waals surface area contributed by atoms with Gasteiger partial charge in [-0.2, -0.15) is 0 Å². The van der Waals surface area contributed by atoms with Crippen LogP contribution in [0.4, 0.5) is 0 Å². The van der Waals surface area contributed by atoms with Crippen LogP contribution in [-0.2, 0) is 30.4 Å². The summed E-state index contributed by atoms with van der Waals surface area (Å²) in [6.07, 6.45) is 1.21. The number of carbonyl (C=O) groups excluding carboxylic acids is 4. The fourth-order valence-electron chi connectivity index (χ4n) is 3.96. The van der Waals surface area contributed by atoms with Gasteiger partial charge < -0.3 is 43.6 Å². The van der Waals surface area contributed by atoms with Crippen molar-refractivity contribution in [1.82, 2.24) is 21.3 Å². The van der Waals surface area contributed by atoms with Gasteiger partial charge in [-0.1, -0.05) is 30.3 Å². The summed E-state index contributed by atoms with van der Waals surface area (Å²) in [5.41, 5.74) is 16.6. The van der Waals surface area contributed by atoms with Gasteiger partial charge in [0, 0.05) is 13.0 Å². The summed E-state index contributed by atoms with van der Waals surface area (Å²) in [5, 5.41) is 20.1. The highest BCUT2D eigenvalue weighted by atomic mass is 16.4. The molecule has 0 bridgehead atoms. The average molecular weight is 533 g/mol. The Morgan fingerprint density at radius 1 is 0.974 bits per heavy atom. The van der Waals surface area contributed by atoms with Gasteiger partial charge in [-0.15, -0.1) is 0 Å². The third-order valence-corrected chi connectivity index (χ3v) is 5.89. The lowest BCUT2D eigenvalue weighted by Gasteiger charge is -2.25. The monoisotopic (exact) mass is 532 g/mol. The van der Waals surface area contributed by atoms with E-state index in [1.54, 1.807) is 30.3 Å². The van der Waals surface area contributed by atoms with Gasteiger partial charge in [-0.25, -0.2) is 4.79 Å². The van der Waals surface area contributed by atoms with Gasteiger partial charge in [-0.3, -0.25) is 24.2 Å². The Kier molecular flexibility index (Phi) is 12.0. The van der Waals surface area contributed by atoms with E-state index in [4.69, 9.17) is 17.2 Å². The summed E-state index contributed by atoms with van der Waals surface area (Å²) in [4.78, 5) is 66.0. The fourth-order valence-corrected chi connectivity index (χ4v) is 3.96. The van der Waals surface area contributed by atoms with Gasteiger partial charge >= 0.3 is 5.97 Å². The number of aliphatic carboxylic acids is 1. The highest BCUT2D eigenvalue weighted by molar-refractivity contribution is 5.96. The number of benzene rings is 1. The third kappa shape index (κ3) is 10.4. The van der Waals surface area contributed by atoms with Gasteiger partial charge in [0.1, 0.15) is 18.1 Å². The minimum absolute atomic E-state index is 0.0192. The molecule has 208 valence electrons. The van der Waals surface area contributed by atoms with Crippen LogP contribution in [0.5, 0.6) is 0 Å². The zero-order valence-corrected chi connectivity index (χ0v) is 21.0. The Morgan fingerprint density at radius 3 is 2.21 bits per heavy atom. The maximum atomic E-state index is 13.1. The van der Waals surface area contributed by atoms with Crippen LogP contribution in [0.25, 0.3) is 0 Å². The van der Waals surface area contributed by atoms with Crippen LogP contribution >= 0.6 is 0 Å². The lowest BCUT2D eigenvalue weighted by atomic mass is 10.0. The van der Waals surface area contributed by atoms with E-state index in [1.807, 2.05) is 0 Å². The zero-order valence-electron chi connectivity index (χ0n) is 21.0. The minimum Gasteiger partial charge on any atom is -0.480 e. The quantitative estimate of drug-likeness (QED) is 0.0672. The molecule has 1 saturated heterocycles. The summed E-state index contributed by atoms with van der Waals surface area (Å²) in [7, 11) is 0. The van der Waals surface area contributed by atoms with Crippen LogP contribution in [0.2, 0.25) is 0 Å². The van der Waals surface area contributed by atoms with Crippen molar-refractivity contribution in [3.8, 4) is 0 Å². The number of hydrogen-bond donors (Lipinski definition) is 8. The Bertz CT molecular complexity index is 1010. The molecule has 0 spiro atoms. The molecule has 0 saturated carbocycles. The third-order valence-electron chi connectivity index (χ3n) is 5.89. The molecule has 2 rings (SSSR count). The molecule has 11 N–H and O–H groups in total. The maximum Gasteiger partial charge on any atom is 0.326 e. The molecule has 0 aliphatic carbocycles. The van der Waals surface area contributed by atoms with Crippen LogP contribution in [0.3, 0.4) is 0 Å². The van der Waals surface area contributed by atoms with Crippen molar-refractivity contribution in [2.75, 3.05) is 13.1 Å². The first-order valence-corrected chi connectivity index (χ1v) is 12.3. The van der Waals surface area contributed by atoms with E-state index in [2.05, 4.69) is 26.3 Å². The second kappa shape index (κ2) is 15.1. The van der Waals surface area contributed by atoms with Crippen molar-refractivity contribution in [3.63, 3.8) is 0 Å². The number of rotatable bonds is 15. The number of carbonyl (C=O) groups is 5. The average Bonchev–Trinajstić information content (AvgIpc) is 3.40. The van der Waals surface area contributed by atoms with E-state index < -0.39 is 60.2 Å². The van der Waals surface area contributed by atoms with Gasteiger partial charge in [-0.05, 0) is 37.8 Å². The predicted octanol–water partition coefficient (Wildman–Crippen LogP) is -2.55. The minimum atomic E-state index is -1.32. The number of amides is 4. The van der Waals surface area contributed by atoms with Gasteiger partial charge in [0.15, 0.2) is 5.96 Å². The lowest BCUT2D eigenvalue weighted by Crippen LogP contribution is -2.57. The molecule has 4 unspecified atom stereocenters. The van der Waals surface area contributed by atoms with Crippen molar-refractivity contribution < 1.29 is 29.1 Å². The molecule has 14 nitrogen and oxygen atoms in total. The van der Waals surface area contributed by atoms with Crippen molar-refractivity contribution in [3.05, 3.63) is 35.9 Å². The van der Waals surface area contributed by atoms with Crippen LogP contribution < -0.4 is 38.5 Å². The molecular weight excluding hydrogens is 496 g/mol. The molecule has 1 aromatic carbocycles. The lowest BCUT2D eigenvalue weighted by molar-refractivity contribution is -0.142. The van der Waals surface area contributed by atoms with E-state index >= 15 is 0 Å². The van der Waals surface area contributed by atoms with Crippen LogP contribution in [0.15, 0.2) is 35.3 Å². The number of nitrogens with two attached hydrogens (primary N) is 3. The molecule has 14 heteroatoms. The van der Waals surface area contributed by atoms with E-state index in [0.29, 0.717) is 18.5 Å². The van der Waals surface area contributed by atoms with E-state index in [1.165, 1.54) is 0 Å². The number of primary amides is 1. The number of carboxylic acids is 1. The van der Waals surface area contributed by atoms with Crippen LogP contribution in [-0.4, -0.2) is 77.9 Å². The highest BCUT2D eigenvalue weighted by Gasteiger charge is 2.32. The second-order valence-electron chi connectivity index (χ2n) is 8.98. The molecule has 38 heavy (non-hydrogen) atoms. The Morgan fingerprint density at radius 2 is 1.63 bits per heavy atom. The number of nitrogens with zero attached hydrogens (tertiary/aromatic N) is 1.